The summed E-state index contributed by atoms with van der Waals surface area (Å²) in [6.07, 6.45) is 13.5. The van der Waals surface area contributed by atoms with Gasteiger partial charge in [0, 0.05) is 4.90 Å². The molecule has 0 fully saturated rings. The summed E-state index contributed by atoms with van der Waals surface area (Å²) in [5.74, 6) is 0.0858. The number of benzene rings is 1. The second-order valence-corrected chi connectivity index (χ2v) is 7.87. The molecule has 0 saturated heterocycles. The maximum atomic E-state index is 11.5. The van der Waals surface area contributed by atoms with Crippen LogP contribution in [0.25, 0.3) is 0 Å². The molecule has 1 unspecified atom stereocenters. The number of carboxylic acids is 1. The van der Waals surface area contributed by atoms with Gasteiger partial charge in [0.2, 0.25) is 0 Å². The summed E-state index contributed by atoms with van der Waals surface area (Å²) in [5, 5.41) is 9.07. The molecule has 3 nitrogen and oxygen atoms in total. The summed E-state index contributed by atoms with van der Waals surface area (Å²) in [5.41, 5.74) is 0. The molecule has 0 amide bonds. The highest BCUT2D eigenvalue weighted by Crippen LogP contribution is 2.28. The smallest absolute Gasteiger partial charge is 0.316 e. The van der Waals surface area contributed by atoms with Gasteiger partial charge in [0.1, 0.15) is 11.0 Å². The van der Waals surface area contributed by atoms with Crippen LogP contribution in [0.4, 0.5) is 0 Å². The van der Waals surface area contributed by atoms with Gasteiger partial charge in [-0.05, 0) is 30.7 Å². The Morgan fingerprint density at radius 1 is 0.960 bits per heavy atom. The number of carbonyl (C=O) groups is 1. The second kappa shape index (κ2) is 14.1. The van der Waals surface area contributed by atoms with Crippen molar-refractivity contribution in [1.29, 1.82) is 0 Å². The fourth-order valence-electron chi connectivity index (χ4n) is 2.87. The number of hydrogen-bond donors (Lipinski definition) is 1. The maximum Gasteiger partial charge on any atom is 0.316 e. The van der Waals surface area contributed by atoms with Gasteiger partial charge in [-0.3, -0.25) is 4.79 Å². The number of hydrogen-bond acceptors (Lipinski definition) is 3. The molecule has 25 heavy (non-hydrogen) atoms. The average molecular weight is 367 g/mol. The topological polar surface area (TPSA) is 46.5 Å². The van der Waals surface area contributed by atoms with Crippen molar-refractivity contribution in [1.82, 2.24) is 0 Å². The molecular formula is C21H34O3S. The van der Waals surface area contributed by atoms with Crippen molar-refractivity contribution >= 4 is 17.7 Å². The molecule has 142 valence electrons. The third-order valence-corrected chi connectivity index (χ3v) is 5.70. The number of thioether (sulfide) groups is 1. The number of methoxy groups -OCH3 is 1. The van der Waals surface area contributed by atoms with Gasteiger partial charge in [-0.25, -0.2) is 0 Å². The lowest BCUT2D eigenvalue weighted by Gasteiger charge is -2.12. The molecule has 0 aromatic heterocycles. The van der Waals surface area contributed by atoms with Gasteiger partial charge in [-0.15, -0.1) is 11.8 Å². The van der Waals surface area contributed by atoms with E-state index in [9.17, 15) is 9.90 Å². The van der Waals surface area contributed by atoms with E-state index in [1.165, 1.54) is 63.1 Å². The first-order valence-corrected chi connectivity index (χ1v) is 10.6. The quantitative estimate of drug-likeness (QED) is 0.282. The molecule has 0 heterocycles. The van der Waals surface area contributed by atoms with E-state index in [0.29, 0.717) is 0 Å². The van der Waals surface area contributed by atoms with E-state index in [2.05, 4.69) is 6.92 Å². The van der Waals surface area contributed by atoms with E-state index in [1.54, 1.807) is 7.11 Å². The standard InChI is InChI=1S/C21H34O3S/c1-3-4-5-6-7-8-9-10-11-12-13-20(21(22)23)25-19-16-14-18(24-2)15-17-19/h14-17,20H,3-13H2,1-2H3,(H,22,23). The predicted molar refractivity (Wildman–Crippen MR) is 107 cm³/mol. The Kier molecular flexibility index (Phi) is 12.3. The van der Waals surface area contributed by atoms with Crippen LogP contribution in [0.15, 0.2) is 29.2 Å². The van der Waals surface area contributed by atoms with Gasteiger partial charge in [0.05, 0.1) is 7.11 Å². The largest absolute Gasteiger partial charge is 0.497 e. The first kappa shape index (κ1) is 21.9. The molecule has 0 saturated carbocycles. The lowest BCUT2D eigenvalue weighted by atomic mass is 10.1. The Morgan fingerprint density at radius 3 is 1.96 bits per heavy atom. The van der Waals surface area contributed by atoms with Crippen LogP contribution in [0, 0.1) is 0 Å². The summed E-state index contributed by atoms with van der Waals surface area (Å²) >= 11 is 1.44. The Bertz CT molecular complexity index is 459. The third kappa shape index (κ3) is 10.4. The minimum absolute atomic E-state index is 0.359. The van der Waals surface area contributed by atoms with Crippen LogP contribution >= 0.6 is 11.8 Å². The molecule has 1 rings (SSSR count). The minimum atomic E-state index is -0.711. The van der Waals surface area contributed by atoms with Crippen molar-refractivity contribution in [3.05, 3.63) is 24.3 Å². The van der Waals surface area contributed by atoms with E-state index in [1.807, 2.05) is 24.3 Å². The first-order valence-electron chi connectivity index (χ1n) is 9.71. The van der Waals surface area contributed by atoms with Gasteiger partial charge >= 0.3 is 5.97 Å². The van der Waals surface area contributed by atoms with Gasteiger partial charge in [-0.2, -0.15) is 0 Å². The lowest BCUT2D eigenvalue weighted by Crippen LogP contribution is -2.16. The number of unbranched alkanes of at least 4 members (excludes halogenated alkanes) is 9. The Balaban J connectivity index is 2.15. The summed E-state index contributed by atoms with van der Waals surface area (Å²) in [6.45, 7) is 2.25. The lowest BCUT2D eigenvalue weighted by molar-refractivity contribution is -0.136. The van der Waals surface area contributed by atoms with Crippen molar-refractivity contribution in [3.8, 4) is 5.75 Å². The van der Waals surface area contributed by atoms with Gasteiger partial charge in [0.15, 0.2) is 0 Å². The van der Waals surface area contributed by atoms with Crippen LogP contribution < -0.4 is 4.74 Å². The molecular weight excluding hydrogens is 332 g/mol. The zero-order chi connectivity index (χ0) is 18.3. The van der Waals surface area contributed by atoms with Crippen molar-refractivity contribution in [2.75, 3.05) is 7.11 Å². The summed E-state index contributed by atoms with van der Waals surface area (Å²) in [4.78, 5) is 12.5. The number of rotatable bonds is 15. The molecule has 4 heteroatoms. The van der Waals surface area contributed by atoms with Crippen molar-refractivity contribution in [3.63, 3.8) is 0 Å². The van der Waals surface area contributed by atoms with Gasteiger partial charge in [0.25, 0.3) is 0 Å². The fraction of sp³-hybridized carbons (Fsp3) is 0.667. The zero-order valence-corrected chi connectivity index (χ0v) is 16.7. The molecule has 0 radical (unpaired) electrons. The van der Waals surface area contributed by atoms with E-state index >= 15 is 0 Å². The zero-order valence-electron chi connectivity index (χ0n) is 15.8. The van der Waals surface area contributed by atoms with Crippen molar-refractivity contribution in [2.24, 2.45) is 0 Å². The molecule has 1 N–H and O–H groups in total. The molecule has 0 spiro atoms. The highest BCUT2D eigenvalue weighted by molar-refractivity contribution is 8.00. The minimum Gasteiger partial charge on any atom is -0.497 e. The van der Waals surface area contributed by atoms with Crippen LogP contribution in [0.5, 0.6) is 5.75 Å². The molecule has 0 aliphatic carbocycles. The summed E-state index contributed by atoms with van der Waals surface area (Å²) in [7, 11) is 1.63. The highest BCUT2D eigenvalue weighted by Gasteiger charge is 2.18. The number of carboxylic acid groups (broad SMARTS) is 1. The predicted octanol–water partition coefficient (Wildman–Crippen LogP) is 6.55. The summed E-state index contributed by atoms with van der Waals surface area (Å²) in [6, 6.07) is 7.61. The monoisotopic (exact) mass is 366 g/mol. The molecule has 1 atom stereocenters. The molecule has 1 aromatic carbocycles. The molecule has 0 aliphatic rings. The maximum absolute atomic E-state index is 11.5. The Hall–Kier alpha value is -1.16. The summed E-state index contributed by atoms with van der Waals surface area (Å²) < 4.78 is 5.13. The SMILES string of the molecule is CCCCCCCCCCCCC(Sc1ccc(OC)cc1)C(=O)O. The van der Waals surface area contributed by atoms with E-state index in [4.69, 9.17) is 4.74 Å². The molecule has 0 bridgehead atoms. The van der Waals surface area contributed by atoms with Crippen LogP contribution in [0.3, 0.4) is 0 Å². The highest BCUT2D eigenvalue weighted by atomic mass is 32.2. The molecule has 1 aromatic rings. The van der Waals surface area contributed by atoms with Crippen molar-refractivity contribution in [2.45, 2.75) is 87.7 Å². The Morgan fingerprint density at radius 2 is 1.48 bits per heavy atom. The van der Waals surface area contributed by atoms with Gasteiger partial charge in [-0.1, -0.05) is 71.1 Å². The Labute approximate surface area is 157 Å². The van der Waals surface area contributed by atoms with E-state index in [-0.39, 0.29) is 5.25 Å². The molecule has 0 aliphatic heterocycles. The van der Waals surface area contributed by atoms with E-state index < -0.39 is 5.97 Å². The van der Waals surface area contributed by atoms with Crippen LogP contribution in [-0.2, 0) is 4.79 Å². The normalized spacial score (nSPS) is 12.1. The van der Waals surface area contributed by atoms with Crippen LogP contribution in [0.2, 0.25) is 0 Å². The number of ether oxygens (including phenoxy) is 1. The number of aliphatic carboxylic acids is 1. The van der Waals surface area contributed by atoms with Crippen LogP contribution in [-0.4, -0.2) is 23.4 Å². The average Bonchev–Trinajstić information content (AvgIpc) is 2.62. The van der Waals surface area contributed by atoms with Crippen LogP contribution in [0.1, 0.15) is 77.6 Å². The second-order valence-electron chi connectivity index (χ2n) is 6.59. The first-order chi connectivity index (χ1) is 12.2. The van der Waals surface area contributed by atoms with Gasteiger partial charge < -0.3 is 9.84 Å². The van der Waals surface area contributed by atoms with Crippen molar-refractivity contribution < 1.29 is 14.6 Å². The third-order valence-electron chi connectivity index (χ3n) is 4.43. The fourth-order valence-corrected chi connectivity index (χ4v) is 3.88. The van der Waals surface area contributed by atoms with E-state index in [0.717, 1.165) is 29.9 Å².